The number of halogens is 1. The van der Waals surface area contributed by atoms with E-state index < -0.39 is 5.54 Å². The summed E-state index contributed by atoms with van der Waals surface area (Å²) in [5.41, 5.74) is 5.42. The van der Waals surface area contributed by atoms with Gasteiger partial charge in [-0.25, -0.2) is 4.98 Å². The highest BCUT2D eigenvalue weighted by Gasteiger charge is 2.19. The molecule has 0 aliphatic heterocycles. The van der Waals surface area contributed by atoms with Gasteiger partial charge in [0.1, 0.15) is 5.82 Å². The summed E-state index contributed by atoms with van der Waals surface area (Å²) in [6, 6.07) is 3.96. The molecule has 2 aromatic rings. The van der Waals surface area contributed by atoms with Gasteiger partial charge in [-0.1, -0.05) is 6.07 Å². The summed E-state index contributed by atoms with van der Waals surface area (Å²) in [4.78, 5) is 5.40. The van der Waals surface area contributed by atoms with Crippen LogP contribution in [0.25, 0.3) is 10.7 Å². The Kier molecular flexibility index (Phi) is 3.49. The molecule has 0 bridgehead atoms. The predicted molar refractivity (Wildman–Crippen MR) is 64.2 cm³/mol. The molecule has 0 unspecified atom stereocenters. The third kappa shape index (κ3) is 2.56. The minimum atomic E-state index is -0.470. The van der Waals surface area contributed by atoms with Gasteiger partial charge in [0.2, 0.25) is 0 Å². The van der Waals surface area contributed by atoms with Crippen molar-refractivity contribution in [2.24, 2.45) is 5.73 Å². The number of rotatable bonds is 2. The normalized spacial score (nSPS) is 11.1. The zero-order valence-electron chi connectivity index (χ0n) is 8.52. The maximum absolute atomic E-state index is 5.89. The highest BCUT2D eigenvalue weighted by molar-refractivity contribution is 7.13. The molecule has 6 heteroatoms. The van der Waals surface area contributed by atoms with Crippen molar-refractivity contribution in [2.45, 2.75) is 19.4 Å². The summed E-state index contributed by atoms with van der Waals surface area (Å²) >= 11 is 1.61. The molecule has 3 N–H and O–H groups in total. The lowest BCUT2D eigenvalue weighted by atomic mass is 10.1. The van der Waals surface area contributed by atoms with Crippen LogP contribution in [0.4, 0.5) is 0 Å². The van der Waals surface area contributed by atoms with Crippen LogP contribution in [0.5, 0.6) is 0 Å². The number of thiophene rings is 1. The number of aromatic amines is 1. The standard InChI is InChI=1S/C9H12N4S.ClH/c1-9(2,10)8-11-7(12-13-8)6-4-3-5-14-6;/h3-5H,10H2,1-2H3,(H,11,12,13);1H. The van der Waals surface area contributed by atoms with Gasteiger partial charge in [-0.15, -0.1) is 23.7 Å². The highest BCUT2D eigenvalue weighted by Crippen LogP contribution is 2.22. The molecule has 0 fully saturated rings. The average molecular weight is 245 g/mol. The summed E-state index contributed by atoms with van der Waals surface area (Å²) in [6.07, 6.45) is 0. The van der Waals surface area contributed by atoms with Crippen LogP contribution in [0.1, 0.15) is 19.7 Å². The number of aromatic nitrogens is 3. The molecule has 82 valence electrons. The van der Waals surface area contributed by atoms with Crippen LogP contribution in [0, 0.1) is 0 Å². The first-order valence-corrected chi connectivity index (χ1v) is 5.21. The largest absolute Gasteiger partial charge is 0.319 e. The van der Waals surface area contributed by atoms with Crippen molar-refractivity contribution < 1.29 is 0 Å². The van der Waals surface area contributed by atoms with Crippen LogP contribution in [0.3, 0.4) is 0 Å². The lowest BCUT2D eigenvalue weighted by molar-refractivity contribution is 0.516. The average Bonchev–Trinajstić information content (AvgIpc) is 2.73. The fourth-order valence-corrected chi connectivity index (χ4v) is 1.72. The Balaban J connectivity index is 0.00000112. The Morgan fingerprint density at radius 3 is 2.67 bits per heavy atom. The zero-order valence-corrected chi connectivity index (χ0v) is 10.2. The lowest BCUT2D eigenvalue weighted by Crippen LogP contribution is -2.30. The van der Waals surface area contributed by atoms with Crippen LogP contribution < -0.4 is 5.73 Å². The second-order valence-electron chi connectivity index (χ2n) is 3.71. The molecule has 0 atom stereocenters. The minimum absolute atomic E-state index is 0. The number of nitrogens with two attached hydrogens (primary N) is 1. The van der Waals surface area contributed by atoms with Crippen molar-refractivity contribution in [3.63, 3.8) is 0 Å². The first kappa shape index (κ1) is 12.2. The quantitative estimate of drug-likeness (QED) is 0.851. The molecule has 2 heterocycles. The van der Waals surface area contributed by atoms with Crippen molar-refractivity contribution >= 4 is 23.7 Å². The fraction of sp³-hybridized carbons (Fsp3) is 0.333. The number of hydrogen-bond donors (Lipinski definition) is 2. The van der Waals surface area contributed by atoms with Crippen molar-refractivity contribution in [3.8, 4) is 10.7 Å². The Hall–Kier alpha value is -0.910. The van der Waals surface area contributed by atoms with Gasteiger partial charge in [0.15, 0.2) is 5.82 Å². The molecule has 0 spiro atoms. The molecule has 4 nitrogen and oxygen atoms in total. The lowest BCUT2D eigenvalue weighted by Gasteiger charge is -2.13. The van der Waals surface area contributed by atoms with E-state index in [1.54, 1.807) is 11.3 Å². The van der Waals surface area contributed by atoms with E-state index >= 15 is 0 Å². The maximum atomic E-state index is 5.89. The second-order valence-corrected chi connectivity index (χ2v) is 4.65. The van der Waals surface area contributed by atoms with Gasteiger partial charge in [0.05, 0.1) is 10.4 Å². The first-order valence-electron chi connectivity index (χ1n) is 4.33. The van der Waals surface area contributed by atoms with Crippen LogP contribution in [0.15, 0.2) is 17.5 Å². The fourth-order valence-electron chi connectivity index (χ4n) is 1.07. The maximum Gasteiger partial charge on any atom is 0.191 e. The smallest absolute Gasteiger partial charge is 0.191 e. The molecule has 0 radical (unpaired) electrons. The molecule has 2 aromatic heterocycles. The molecule has 15 heavy (non-hydrogen) atoms. The van der Waals surface area contributed by atoms with E-state index in [1.807, 2.05) is 31.4 Å². The molecule has 0 saturated carbocycles. The van der Waals surface area contributed by atoms with Crippen molar-refractivity contribution in [1.29, 1.82) is 0 Å². The monoisotopic (exact) mass is 244 g/mol. The van der Waals surface area contributed by atoms with Crippen molar-refractivity contribution in [2.75, 3.05) is 0 Å². The van der Waals surface area contributed by atoms with E-state index in [2.05, 4.69) is 15.2 Å². The topological polar surface area (TPSA) is 67.6 Å². The number of H-pyrrole nitrogens is 1. The molecule has 0 saturated heterocycles. The van der Waals surface area contributed by atoms with Gasteiger partial charge in [0, 0.05) is 0 Å². The Bertz CT molecular complexity index is 416. The van der Waals surface area contributed by atoms with Gasteiger partial charge < -0.3 is 5.73 Å². The van der Waals surface area contributed by atoms with Crippen LogP contribution in [0.2, 0.25) is 0 Å². The van der Waals surface area contributed by atoms with Gasteiger partial charge in [-0.05, 0) is 25.3 Å². The summed E-state index contributed by atoms with van der Waals surface area (Å²) < 4.78 is 0. The Morgan fingerprint density at radius 1 is 1.47 bits per heavy atom. The molecule has 0 aliphatic rings. The molecule has 0 aromatic carbocycles. The molecule has 0 aliphatic carbocycles. The molecular weight excluding hydrogens is 232 g/mol. The minimum Gasteiger partial charge on any atom is -0.319 e. The summed E-state index contributed by atoms with van der Waals surface area (Å²) in [6.45, 7) is 3.79. The number of hydrogen-bond acceptors (Lipinski definition) is 4. The third-order valence-electron chi connectivity index (χ3n) is 1.84. The summed E-state index contributed by atoms with van der Waals surface area (Å²) in [7, 11) is 0. The van der Waals surface area contributed by atoms with E-state index in [9.17, 15) is 0 Å². The van der Waals surface area contributed by atoms with Gasteiger partial charge in [-0.2, -0.15) is 5.10 Å². The molecule has 2 rings (SSSR count). The number of nitrogens with zero attached hydrogens (tertiary/aromatic N) is 2. The van der Waals surface area contributed by atoms with Crippen molar-refractivity contribution in [3.05, 3.63) is 23.3 Å². The third-order valence-corrected chi connectivity index (χ3v) is 2.70. The van der Waals surface area contributed by atoms with E-state index in [0.29, 0.717) is 11.6 Å². The molecule has 0 amide bonds. The van der Waals surface area contributed by atoms with Gasteiger partial charge in [0.25, 0.3) is 0 Å². The Morgan fingerprint density at radius 2 is 2.20 bits per heavy atom. The van der Waals surface area contributed by atoms with E-state index in [-0.39, 0.29) is 12.4 Å². The SMILES string of the molecule is CC(C)(N)c1nc(-c2cccs2)n[nH]1.Cl. The van der Waals surface area contributed by atoms with Gasteiger partial charge in [-0.3, -0.25) is 5.10 Å². The molecular formula is C9H13ClN4S. The van der Waals surface area contributed by atoms with E-state index in [4.69, 9.17) is 5.73 Å². The summed E-state index contributed by atoms with van der Waals surface area (Å²) in [5.74, 6) is 1.43. The van der Waals surface area contributed by atoms with Gasteiger partial charge >= 0.3 is 0 Å². The first-order chi connectivity index (χ1) is 6.57. The van der Waals surface area contributed by atoms with Crippen LogP contribution >= 0.6 is 23.7 Å². The number of nitrogens with one attached hydrogen (secondary N) is 1. The highest BCUT2D eigenvalue weighted by atomic mass is 35.5. The second kappa shape index (κ2) is 4.30. The van der Waals surface area contributed by atoms with Crippen molar-refractivity contribution in [1.82, 2.24) is 15.2 Å². The van der Waals surface area contributed by atoms with Crippen LogP contribution in [-0.2, 0) is 5.54 Å². The summed E-state index contributed by atoms with van der Waals surface area (Å²) in [5, 5.41) is 8.97. The zero-order chi connectivity index (χ0) is 10.2. The van der Waals surface area contributed by atoms with E-state index in [1.165, 1.54) is 0 Å². The Labute approximate surface area is 98.3 Å². The van der Waals surface area contributed by atoms with E-state index in [0.717, 1.165) is 4.88 Å². The predicted octanol–water partition coefficient (Wildman–Crippen LogP) is 2.15. The van der Waals surface area contributed by atoms with Crippen LogP contribution in [-0.4, -0.2) is 15.2 Å².